The summed E-state index contributed by atoms with van der Waals surface area (Å²) in [4.78, 5) is 28.1. The maximum atomic E-state index is 13.5. The van der Waals surface area contributed by atoms with Crippen LogP contribution in [-0.2, 0) is 16.6 Å². The zero-order valence-electron chi connectivity index (χ0n) is 20.6. The number of benzene rings is 2. The Morgan fingerprint density at radius 1 is 0.857 bits per heavy atom. The van der Waals surface area contributed by atoms with E-state index in [2.05, 4.69) is 0 Å². The van der Waals surface area contributed by atoms with E-state index in [9.17, 15) is 18.0 Å². The SMILES string of the molecule is Cc1cc(C)c(C)c(S(=O)(=O)N2CCN(C(=O)c3cccn(Cc4ccccc4)c3=O)CC2)c1C. The van der Waals surface area contributed by atoms with Crippen molar-refractivity contribution in [3.05, 3.63) is 98.5 Å². The number of sulfonamides is 1. The van der Waals surface area contributed by atoms with Crippen LogP contribution in [0.1, 0.15) is 38.2 Å². The van der Waals surface area contributed by atoms with E-state index in [1.165, 1.54) is 14.9 Å². The summed E-state index contributed by atoms with van der Waals surface area (Å²) in [5.74, 6) is -0.367. The lowest BCUT2D eigenvalue weighted by Crippen LogP contribution is -2.51. The van der Waals surface area contributed by atoms with Gasteiger partial charge in [0.15, 0.2) is 0 Å². The first-order chi connectivity index (χ1) is 16.6. The van der Waals surface area contributed by atoms with Crippen LogP contribution in [0.5, 0.6) is 0 Å². The van der Waals surface area contributed by atoms with Crippen molar-refractivity contribution in [3.63, 3.8) is 0 Å². The van der Waals surface area contributed by atoms with Crippen LogP contribution in [0, 0.1) is 27.7 Å². The number of nitrogens with zero attached hydrogens (tertiary/aromatic N) is 3. The smallest absolute Gasteiger partial charge is 0.263 e. The fourth-order valence-electron chi connectivity index (χ4n) is 4.60. The van der Waals surface area contributed by atoms with E-state index >= 15 is 0 Å². The third kappa shape index (κ3) is 4.81. The standard InChI is InChI=1S/C27H31N3O4S/c1-19-17-20(2)22(4)25(21(19)3)35(33,34)30-15-13-28(14-16-30)26(31)24-11-8-12-29(27(24)32)18-23-9-6-5-7-10-23/h5-12,17H,13-16,18H2,1-4H3. The summed E-state index contributed by atoms with van der Waals surface area (Å²) in [5, 5.41) is 0. The monoisotopic (exact) mass is 493 g/mol. The number of carbonyl (C=O) groups excluding carboxylic acids is 1. The van der Waals surface area contributed by atoms with E-state index in [1.807, 2.05) is 64.1 Å². The van der Waals surface area contributed by atoms with Gasteiger partial charge in [0.1, 0.15) is 5.56 Å². The van der Waals surface area contributed by atoms with Gasteiger partial charge in [0.2, 0.25) is 10.0 Å². The Hall–Kier alpha value is -3.23. The summed E-state index contributed by atoms with van der Waals surface area (Å²) in [7, 11) is -3.70. The largest absolute Gasteiger partial charge is 0.336 e. The molecule has 3 aromatic rings. The number of amides is 1. The third-order valence-electron chi connectivity index (χ3n) is 6.87. The zero-order chi connectivity index (χ0) is 25.3. The summed E-state index contributed by atoms with van der Waals surface area (Å²) in [6, 6.07) is 14.8. The second-order valence-electron chi connectivity index (χ2n) is 9.13. The molecule has 0 saturated carbocycles. The van der Waals surface area contributed by atoms with E-state index < -0.39 is 10.0 Å². The molecule has 0 atom stereocenters. The molecular weight excluding hydrogens is 462 g/mol. The Labute approximate surface area is 206 Å². The van der Waals surface area contributed by atoms with Crippen LogP contribution in [0.4, 0.5) is 0 Å². The molecule has 1 saturated heterocycles. The van der Waals surface area contributed by atoms with Gasteiger partial charge in [-0.05, 0) is 67.6 Å². The molecule has 1 aliphatic rings. The molecule has 0 unspecified atom stereocenters. The van der Waals surface area contributed by atoms with Crippen LogP contribution in [0.15, 0.2) is 64.4 Å². The number of pyridine rings is 1. The Bertz CT molecular complexity index is 1390. The van der Waals surface area contributed by atoms with Crippen molar-refractivity contribution < 1.29 is 13.2 Å². The molecule has 0 spiro atoms. The van der Waals surface area contributed by atoms with Crippen molar-refractivity contribution in [2.24, 2.45) is 0 Å². The van der Waals surface area contributed by atoms with Crippen LogP contribution in [0.25, 0.3) is 0 Å². The highest BCUT2D eigenvalue weighted by Gasteiger charge is 2.33. The van der Waals surface area contributed by atoms with Crippen LogP contribution < -0.4 is 5.56 Å². The van der Waals surface area contributed by atoms with Crippen molar-refractivity contribution in [1.29, 1.82) is 0 Å². The Balaban J connectivity index is 1.51. The quantitative estimate of drug-likeness (QED) is 0.546. The maximum Gasteiger partial charge on any atom is 0.263 e. The first kappa shape index (κ1) is 24.9. The summed E-state index contributed by atoms with van der Waals surface area (Å²) in [6.07, 6.45) is 1.67. The van der Waals surface area contributed by atoms with Gasteiger partial charge in [0.05, 0.1) is 11.4 Å². The molecule has 2 heterocycles. The van der Waals surface area contributed by atoms with Gasteiger partial charge in [0.25, 0.3) is 11.5 Å². The molecule has 0 radical (unpaired) electrons. The van der Waals surface area contributed by atoms with Gasteiger partial charge < -0.3 is 9.47 Å². The van der Waals surface area contributed by atoms with Crippen molar-refractivity contribution in [3.8, 4) is 0 Å². The number of piperazine rings is 1. The average Bonchev–Trinajstić information content (AvgIpc) is 2.84. The van der Waals surface area contributed by atoms with Crippen molar-refractivity contribution in [1.82, 2.24) is 13.8 Å². The van der Waals surface area contributed by atoms with E-state index in [0.717, 1.165) is 27.8 Å². The number of carbonyl (C=O) groups is 1. The predicted octanol–water partition coefficient (Wildman–Crippen LogP) is 3.28. The molecule has 8 heteroatoms. The number of rotatable bonds is 5. The van der Waals surface area contributed by atoms with Crippen LogP contribution in [0.2, 0.25) is 0 Å². The van der Waals surface area contributed by atoms with Gasteiger partial charge in [-0.1, -0.05) is 36.4 Å². The minimum absolute atomic E-state index is 0.0979. The molecule has 1 aliphatic heterocycles. The summed E-state index contributed by atoms with van der Waals surface area (Å²) < 4.78 is 30.0. The fraction of sp³-hybridized carbons (Fsp3) is 0.333. The van der Waals surface area contributed by atoms with E-state index in [4.69, 9.17) is 0 Å². The van der Waals surface area contributed by atoms with Gasteiger partial charge in [-0.3, -0.25) is 9.59 Å². The van der Waals surface area contributed by atoms with E-state index in [1.54, 1.807) is 17.2 Å². The molecule has 0 N–H and O–H groups in total. The molecular formula is C27H31N3O4S. The zero-order valence-corrected chi connectivity index (χ0v) is 21.4. The van der Waals surface area contributed by atoms with Crippen LogP contribution >= 0.6 is 0 Å². The fourth-order valence-corrected chi connectivity index (χ4v) is 6.60. The first-order valence-electron chi connectivity index (χ1n) is 11.7. The van der Waals surface area contributed by atoms with Crippen molar-refractivity contribution in [2.45, 2.75) is 39.1 Å². The molecule has 1 amide bonds. The van der Waals surface area contributed by atoms with Gasteiger partial charge in [0, 0.05) is 32.4 Å². The molecule has 184 valence electrons. The number of hydrogen-bond acceptors (Lipinski definition) is 4. The second kappa shape index (κ2) is 9.79. The molecule has 0 bridgehead atoms. The number of hydrogen-bond donors (Lipinski definition) is 0. The van der Waals surface area contributed by atoms with Gasteiger partial charge in [-0.25, -0.2) is 8.42 Å². The molecule has 7 nitrogen and oxygen atoms in total. The van der Waals surface area contributed by atoms with Crippen LogP contribution in [0.3, 0.4) is 0 Å². The van der Waals surface area contributed by atoms with Gasteiger partial charge >= 0.3 is 0 Å². The molecule has 0 aliphatic carbocycles. The van der Waals surface area contributed by atoms with Crippen molar-refractivity contribution in [2.75, 3.05) is 26.2 Å². The second-order valence-corrected chi connectivity index (χ2v) is 11.0. The Morgan fingerprint density at radius 3 is 2.06 bits per heavy atom. The topological polar surface area (TPSA) is 79.7 Å². The average molecular weight is 494 g/mol. The molecule has 35 heavy (non-hydrogen) atoms. The predicted molar refractivity (Wildman–Crippen MR) is 136 cm³/mol. The van der Waals surface area contributed by atoms with Gasteiger partial charge in [-0.15, -0.1) is 0 Å². The Kier molecular flexibility index (Phi) is 6.96. The lowest BCUT2D eigenvalue weighted by Gasteiger charge is -2.34. The molecule has 1 aromatic heterocycles. The van der Waals surface area contributed by atoms with E-state index in [-0.39, 0.29) is 43.2 Å². The molecule has 1 fully saturated rings. The lowest BCUT2D eigenvalue weighted by molar-refractivity contribution is 0.0695. The number of aryl methyl sites for hydroxylation is 2. The third-order valence-corrected chi connectivity index (χ3v) is 9.04. The minimum Gasteiger partial charge on any atom is -0.336 e. The summed E-state index contributed by atoms with van der Waals surface area (Å²) >= 11 is 0. The lowest BCUT2D eigenvalue weighted by atomic mass is 10.0. The molecule has 4 rings (SSSR count). The normalized spacial score (nSPS) is 14.8. The highest BCUT2D eigenvalue weighted by Crippen LogP contribution is 2.29. The number of aromatic nitrogens is 1. The van der Waals surface area contributed by atoms with E-state index in [0.29, 0.717) is 11.4 Å². The Morgan fingerprint density at radius 2 is 1.46 bits per heavy atom. The molecule has 2 aromatic carbocycles. The van der Waals surface area contributed by atoms with Gasteiger partial charge in [-0.2, -0.15) is 4.31 Å². The first-order valence-corrected chi connectivity index (χ1v) is 13.2. The minimum atomic E-state index is -3.70. The highest BCUT2D eigenvalue weighted by atomic mass is 32.2. The summed E-state index contributed by atoms with van der Waals surface area (Å²) in [5.41, 5.74) is 4.12. The maximum absolute atomic E-state index is 13.5. The van der Waals surface area contributed by atoms with Crippen molar-refractivity contribution >= 4 is 15.9 Å². The summed E-state index contributed by atoms with van der Waals surface area (Å²) in [6.45, 7) is 8.72. The van der Waals surface area contributed by atoms with Crippen LogP contribution in [-0.4, -0.2) is 54.3 Å². The highest BCUT2D eigenvalue weighted by molar-refractivity contribution is 7.89.